The number of fused-ring (bicyclic) bond motifs is 9. The summed E-state index contributed by atoms with van der Waals surface area (Å²) in [6, 6.07) is 35.3. The van der Waals surface area contributed by atoms with Crippen LogP contribution in [0.15, 0.2) is 122 Å². The van der Waals surface area contributed by atoms with E-state index in [0.29, 0.717) is 43.6 Å². The summed E-state index contributed by atoms with van der Waals surface area (Å²) >= 11 is 0. The van der Waals surface area contributed by atoms with Crippen LogP contribution < -0.4 is 14.2 Å². The molecule has 0 aliphatic carbocycles. The minimum Gasteiger partial charge on any atom is -0.490 e. The number of hydrogen-bond acceptors (Lipinski definition) is 6. The van der Waals surface area contributed by atoms with Crippen molar-refractivity contribution in [2.45, 2.75) is 13.1 Å². The van der Waals surface area contributed by atoms with Gasteiger partial charge in [-0.1, -0.05) is 42.5 Å². The Morgan fingerprint density at radius 3 is 2.33 bits per heavy atom. The second kappa shape index (κ2) is 13.5. The lowest BCUT2D eigenvalue weighted by Crippen LogP contribution is -2.23. The van der Waals surface area contributed by atoms with Gasteiger partial charge in [0.15, 0.2) is 5.75 Å². The number of ether oxygens (including phenoxy) is 3. The SMILES string of the molecule is CN(CCOc1cc(Oc2ccccc2)cc2c1[nH]c1ccc(F)cc12)Cc1ccc2[nH]c3c(OCCn4cncn4)c4c(cc3c2c1)[nH]c1ccccc14. The van der Waals surface area contributed by atoms with Gasteiger partial charge in [-0.3, -0.25) is 4.90 Å². The fourth-order valence-corrected chi connectivity index (χ4v) is 7.62. The Kier molecular flexibility index (Phi) is 8.06. The number of nitrogens with zero attached hydrogens (tertiary/aromatic N) is 4. The van der Waals surface area contributed by atoms with Crippen molar-refractivity contribution >= 4 is 65.4 Å². The van der Waals surface area contributed by atoms with E-state index in [-0.39, 0.29) is 5.82 Å². The maximum atomic E-state index is 14.3. The molecule has 0 radical (unpaired) electrons. The molecule has 3 N–H and O–H groups in total. The first-order valence-corrected chi connectivity index (χ1v) is 18.3. The van der Waals surface area contributed by atoms with Crippen molar-refractivity contribution in [1.29, 1.82) is 0 Å². The van der Waals surface area contributed by atoms with Crippen LogP contribution in [0, 0.1) is 5.82 Å². The number of nitrogens with one attached hydrogen (secondary N) is 3. The molecule has 0 amide bonds. The molecule has 0 saturated carbocycles. The molecular weight excluding hydrogens is 694 g/mol. The van der Waals surface area contributed by atoms with Crippen molar-refractivity contribution in [2.24, 2.45) is 0 Å². The Bertz CT molecular complexity index is 2990. The lowest BCUT2D eigenvalue weighted by atomic mass is 10.1. The van der Waals surface area contributed by atoms with Crippen LogP contribution in [0.2, 0.25) is 0 Å². The largest absolute Gasteiger partial charge is 0.490 e. The van der Waals surface area contributed by atoms with E-state index >= 15 is 0 Å². The van der Waals surface area contributed by atoms with Gasteiger partial charge in [0.25, 0.3) is 0 Å². The Morgan fingerprint density at radius 1 is 0.673 bits per heavy atom. The van der Waals surface area contributed by atoms with Gasteiger partial charge in [-0.2, -0.15) is 5.10 Å². The first-order valence-electron chi connectivity index (χ1n) is 18.3. The summed E-state index contributed by atoms with van der Waals surface area (Å²) in [5.74, 6) is 2.51. The standard InChI is InChI=1S/C44H36FN7O3/c1-51(15-17-53-40-22-30(55-29-7-3-2-4-8-29)21-34-33-20-28(45)12-14-38(33)49-42(34)40)24-27-11-13-37-32(19-27)35-23-39-41(31-9-5-6-10-36(31)48-39)44(43(35)50-37)54-18-16-52-26-46-25-47-52/h2-14,19-23,25-26,48-50H,15-18,24H2,1H3. The number of aromatic amines is 3. The molecule has 10 nitrogen and oxygen atoms in total. The van der Waals surface area contributed by atoms with Crippen LogP contribution in [-0.2, 0) is 13.1 Å². The molecule has 0 atom stereocenters. The van der Waals surface area contributed by atoms with E-state index in [1.807, 2.05) is 48.5 Å². The Labute approximate surface area is 314 Å². The lowest BCUT2D eigenvalue weighted by Gasteiger charge is -2.18. The topological polar surface area (TPSA) is 109 Å². The number of hydrogen-bond donors (Lipinski definition) is 3. The first kappa shape index (κ1) is 32.8. The Morgan fingerprint density at radius 2 is 1.45 bits per heavy atom. The maximum absolute atomic E-state index is 14.3. The number of halogens is 1. The van der Waals surface area contributed by atoms with Gasteiger partial charge in [-0.05, 0) is 73.3 Å². The van der Waals surface area contributed by atoms with E-state index in [0.717, 1.165) is 77.7 Å². The molecule has 0 aliphatic heterocycles. The summed E-state index contributed by atoms with van der Waals surface area (Å²) in [6.45, 7) is 2.86. The highest BCUT2D eigenvalue weighted by molar-refractivity contribution is 6.21. The van der Waals surface area contributed by atoms with Crippen molar-refractivity contribution < 1.29 is 18.6 Å². The van der Waals surface area contributed by atoms with E-state index < -0.39 is 0 Å². The van der Waals surface area contributed by atoms with E-state index in [1.54, 1.807) is 23.1 Å². The maximum Gasteiger partial charge on any atom is 0.153 e. The molecule has 0 spiro atoms. The highest BCUT2D eigenvalue weighted by Gasteiger charge is 2.19. The summed E-state index contributed by atoms with van der Waals surface area (Å²) in [5, 5.41) is 10.3. The quantitative estimate of drug-likeness (QED) is 0.116. The monoisotopic (exact) mass is 729 g/mol. The fourth-order valence-electron chi connectivity index (χ4n) is 7.62. The molecule has 272 valence electrons. The summed E-state index contributed by atoms with van der Waals surface area (Å²) in [6.07, 6.45) is 3.23. The van der Waals surface area contributed by atoms with Gasteiger partial charge in [-0.15, -0.1) is 0 Å². The third kappa shape index (κ3) is 6.14. The van der Waals surface area contributed by atoms with Crippen LogP contribution in [-0.4, -0.2) is 61.4 Å². The lowest BCUT2D eigenvalue weighted by molar-refractivity contribution is 0.234. The van der Waals surface area contributed by atoms with Crippen LogP contribution in [0.25, 0.3) is 65.4 Å². The van der Waals surface area contributed by atoms with Crippen molar-refractivity contribution in [3.63, 3.8) is 0 Å². The summed E-state index contributed by atoms with van der Waals surface area (Å²) in [7, 11) is 2.09. The van der Waals surface area contributed by atoms with Crippen LogP contribution in [0.3, 0.4) is 0 Å². The summed E-state index contributed by atoms with van der Waals surface area (Å²) in [5.41, 5.74) is 6.92. The molecule has 6 aromatic carbocycles. The first-order chi connectivity index (χ1) is 27.0. The number of aromatic nitrogens is 6. The zero-order chi connectivity index (χ0) is 36.9. The zero-order valence-corrected chi connectivity index (χ0v) is 30.0. The average Bonchev–Trinajstić information content (AvgIpc) is 4.00. The number of para-hydroxylation sites is 2. The van der Waals surface area contributed by atoms with Gasteiger partial charge in [-0.25, -0.2) is 14.1 Å². The van der Waals surface area contributed by atoms with E-state index in [1.165, 1.54) is 18.0 Å². The molecular formula is C44H36FN7O3. The second-order valence-corrected chi connectivity index (χ2v) is 13.9. The normalized spacial score (nSPS) is 12.0. The Balaban J connectivity index is 0.911. The molecule has 10 aromatic rings. The number of benzene rings is 6. The molecule has 0 saturated heterocycles. The minimum atomic E-state index is -0.294. The summed E-state index contributed by atoms with van der Waals surface area (Å²) in [4.78, 5) is 17.0. The van der Waals surface area contributed by atoms with E-state index in [4.69, 9.17) is 14.2 Å². The molecule has 10 rings (SSSR count). The molecule has 55 heavy (non-hydrogen) atoms. The highest BCUT2D eigenvalue weighted by atomic mass is 19.1. The summed E-state index contributed by atoms with van der Waals surface area (Å²) < 4.78 is 35.3. The van der Waals surface area contributed by atoms with E-state index in [2.05, 4.69) is 79.4 Å². The van der Waals surface area contributed by atoms with Gasteiger partial charge < -0.3 is 29.2 Å². The zero-order valence-electron chi connectivity index (χ0n) is 30.0. The van der Waals surface area contributed by atoms with Gasteiger partial charge in [0.2, 0.25) is 0 Å². The predicted molar refractivity (Wildman–Crippen MR) is 215 cm³/mol. The van der Waals surface area contributed by atoms with Crippen molar-refractivity contribution in [3.05, 3.63) is 133 Å². The number of likely N-dealkylation sites (N-methyl/N-ethyl adjacent to an activating group) is 1. The Hall–Kier alpha value is -6.85. The fraction of sp³-hybridized carbons (Fsp3) is 0.136. The average molecular weight is 730 g/mol. The van der Waals surface area contributed by atoms with Crippen LogP contribution >= 0.6 is 0 Å². The molecule has 11 heteroatoms. The molecule has 0 fully saturated rings. The minimum absolute atomic E-state index is 0.294. The van der Waals surface area contributed by atoms with Gasteiger partial charge in [0, 0.05) is 62.6 Å². The van der Waals surface area contributed by atoms with Crippen LogP contribution in [0.4, 0.5) is 4.39 Å². The van der Waals surface area contributed by atoms with Gasteiger partial charge in [0.1, 0.15) is 48.9 Å². The molecule has 0 aliphatic rings. The van der Waals surface area contributed by atoms with Crippen molar-refractivity contribution in [3.8, 4) is 23.0 Å². The molecule has 4 heterocycles. The smallest absolute Gasteiger partial charge is 0.153 e. The third-order valence-electron chi connectivity index (χ3n) is 10.2. The molecule has 4 aromatic heterocycles. The molecule has 0 bridgehead atoms. The molecule has 0 unspecified atom stereocenters. The van der Waals surface area contributed by atoms with Crippen molar-refractivity contribution in [1.82, 2.24) is 34.6 Å². The van der Waals surface area contributed by atoms with Crippen LogP contribution in [0.1, 0.15) is 5.56 Å². The third-order valence-corrected chi connectivity index (χ3v) is 10.2. The number of H-pyrrole nitrogens is 3. The highest BCUT2D eigenvalue weighted by Crippen LogP contribution is 2.42. The van der Waals surface area contributed by atoms with Crippen molar-refractivity contribution in [2.75, 3.05) is 26.8 Å². The second-order valence-electron chi connectivity index (χ2n) is 13.9. The van der Waals surface area contributed by atoms with Gasteiger partial charge in [0.05, 0.1) is 28.5 Å². The van der Waals surface area contributed by atoms with Gasteiger partial charge >= 0.3 is 0 Å². The predicted octanol–water partition coefficient (Wildman–Crippen LogP) is 9.70. The van der Waals surface area contributed by atoms with Crippen LogP contribution in [0.5, 0.6) is 23.0 Å². The number of rotatable bonds is 12. The van der Waals surface area contributed by atoms with E-state index in [9.17, 15) is 4.39 Å².